The highest BCUT2D eigenvalue weighted by Gasteiger charge is 2.26. The van der Waals surface area contributed by atoms with Crippen LogP contribution in [-0.4, -0.2) is 64.0 Å². The molecule has 7 nitrogen and oxygen atoms in total. The monoisotopic (exact) mass is 432 g/mol. The molecule has 1 aromatic carbocycles. The first-order valence-electron chi connectivity index (χ1n) is 10.3. The molecular weight excluding hydrogens is 400 g/mol. The minimum Gasteiger partial charge on any atom is -0.493 e. The molecule has 2 heterocycles. The lowest BCUT2D eigenvalue weighted by Crippen LogP contribution is -2.44. The van der Waals surface area contributed by atoms with Crippen LogP contribution in [0.15, 0.2) is 40.7 Å². The molecule has 30 heavy (non-hydrogen) atoms. The third-order valence-corrected chi connectivity index (χ3v) is 5.97. The summed E-state index contributed by atoms with van der Waals surface area (Å²) in [7, 11) is 3.27. The molecule has 0 saturated carbocycles. The average molecular weight is 433 g/mol. The largest absolute Gasteiger partial charge is 0.493 e. The van der Waals surface area contributed by atoms with Gasteiger partial charge in [0.05, 0.1) is 39.5 Å². The van der Waals surface area contributed by atoms with Crippen molar-refractivity contribution < 1.29 is 14.2 Å². The van der Waals surface area contributed by atoms with E-state index in [-0.39, 0.29) is 12.1 Å². The Kier molecular flexibility index (Phi) is 8.36. The SMILES string of the molecule is CCNC(=NCC(c1cccs1)N1CCOC(C)C1)Nc1ccc(OC)c(OC)c1. The van der Waals surface area contributed by atoms with Gasteiger partial charge in [0.25, 0.3) is 0 Å². The summed E-state index contributed by atoms with van der Waals surface area (Å²) in [4.78, 5) is 8.71. The molecule has 8 heteroatoms. The Balaban J connectivity index is 1.77. The summed E-state index contributed by atoms with van der Waals surface area (Å²) in [5.74, 6) is 2.12. The molecule has 0 aliphatic carbocycles. The summed E-state index contributed by atoms with van der Waals surface area (Å²) < 4.78 is 16.5. The van der Waals surface area contributed by atoms with E-state index in [9.17, 15) is 0 Å². The minimum atomic E-state index is 0.234. The summed E-state index contributed by atoms with van der Waals surface area (Å²) in [6.45, 7) is 8.22. The van der Waals surface area contributed by atoms with Gasteiger partial charge >= 0.3 is 0 Å². The van der Waals surface area contributed by atoms with Crippen molar-refractivity contribution in [1.29, 1.82) is 0 Å². The summed E-state index contributed by atoms with van der Waals surface area (Å²) in [5.41, 5.74) is 0.889. The lowest BCUT2D eigenvalue weighted by molar-refractivity contribution is -0.0327. The Morgan fingerprint density at radius 2 is 2.13 bits per heavy atom. The number of benzene rings is 1. The fraction of sp³-hybridized carbons (Fsp3) is 0.500. The van der Waals surface area contributed by atoms with Gasteiger partial charge in [0, 0.05) is 36.3 Å². The molecule has 3 rings (SSSR count). The molecule has 2 N–H and O–H groups in total. The van der Waals surface area contributed by atoms with E-state index in [2.05, 4.69) is 46.9 Å². The van der Waals surface area contributed by atoms with Crippen LogP contribution in [0, 0.1) is 0 Å². The number of hydrogen-bond acceptors (Lipinski definition) is 6. The van der Waals surface area contributed by atoms with Gasteiger partial charge in [-0.25, -0.2) is 0 Å². The van der Waals surface area contributed by atoms with Gasteiger partial charge in [-0.3, -0.25) is 9.89 Å². The molecule has 0 spiro atoms. The van der Waals surface area contributed by atoms with Crippen LogP contribution >= 0.6 is 11.3 Å². The maximum atomic E-state index is 5.74. The summed E-state index contributed by atoms with van der Waals surface area (Å²) >= 11 is 1.78. The van der Waals surface area contributed by atoms with Crippen molar-refractivity contribution in [2.24, 2.45) is 4.99 Å². The number of nitrogens with zero attached hydrogens (tertiary/aromatic N) is 2. The number of rotatable bonds is 8. The number of thiophene rings is 1. The van der Waals surface area contributed by atoms with Gasteiger partial charge in [0.2, 0.25) is 0 Å². The fourth-order valence-electron chi connectivity index (χ4n) is 3.53. The topological polar surface area (TPSA) is 67.4 Å². The number of ether oxygens (including phenoxy) is 3. The lowest BCUT2D eigenvalue weighted by Gasteiger charge is -2.36. The highest BCUT2D eigenvalue weighted by Crippen LogP contribution is 2.30. The van der Waals surface area contributed by atoms with Crippen LogP contribution in [0.5, 0.6) is 11.5 Å². The quantitative estimate of drug-likeness (QED) is 0.491. The number of anilines is 1. The second-order valence-electron chi connectivity index (χ2n) is 7.12. The zero-order chi connectivity index (χ0) is 21.3. The van der Waals surface area contributed by atoms with Gasteiger partial charge in [-0.05, 0) is 37.4 Å². The Morgan fingerprint density at radius 1 is 1.30 bits per heavy atom. The van der Waals surface area contributed by atoms with Gasteiger partial charge < -0.3 is 24.8 Å². The van der Waals surface area contributed by atoms with E-state index in [1.807, 2.05) is 18.2 Å². The molecule has 2 atom stereocenters. The van der Waals surface area contributed by atoms with Crippen molar-refractivity contribution in [1.82, 2.24) is 10.2 Å². The Morgan fingerprint density at radius 3 is 2.80 bits per heavy atom. The van der Waals surface area contributed by atoms with E-state index in [1.165, 1.54) is 4.88 Å². The minimum absolute atomic E-state index is 0.234. The van der Waals surface area contributed by atoms with E-state index in [0.717, 1.165) is 37.9 Å². The van der Waals surface area contributed by atoms with Crippen LogP contribution in [0.25, 0.3) is 0 Å². The van der Waals surface area contributed by atoms with Crippen LogP contribution in [0.1, 0.15) is 24.8 Å². The van der Waals surface area contributed by atoms with Gasteiger partial charge in [-0.1, -0.05) is 6.07 Å². The lowest BCUT2D eigenvalue weighted by atomic mass is 10.1. The number of nitrogens with one attached hydrogen (secondary N) is 2. The average Bonchev–Trinajstić information content (AvgIpc) is 3.28. The van der Waals surface area contributed by atoms with E-state index >= 15 is 0 Å². The van der Waals surface area contributed by atoms with Crippen molar-refractivity contribution in [2.45, 2.75) is 26.0 Å². The Hall–Kier alpha value is -2.29. The third kappa shape index (κ3) is 5.87. The van der Waals surface area contributed by atoms with Crippen molar-refractivity contribution >= 4 is 23.0 Å². The molecule has 0 radical (unpaired) electrons. The molecule has 0 amide bonds. The number of methoxy groups -OCH3 is 2. The second kappa shape index (κ2) is 11.2. The van der Waals surface area contributed by atoms with Gasteiger partial charge in [0.15, 0.2) is 17.5 Å². The number of hydrogen-bond donors (Lipinski definition) is 2. The predicted octanol–water partition coefficient (Wildman–Crippen LogP) is 3.60. The van der Waals surface area contributed by atoms with Gasteiger partial charge in [-0.15, -0.1) is 11.3 Å². The van der Waals surface area contributed by atoms with Crippen LogP contribution in [0.2, 0.25) is 0 Å². The highest BCUT2D eigenvalue weighted by molar-refractivity contribution is 7.10. The number of guanidine groups is 1. The normalized spacial score (nSPS) is 18.7. The van der Waals surface area contributed by atoms with Crippen molar-refractivity contribution in [2.75, 3.05) is 52.3 Å². The molecule has 2 unspecified atom stereocenters. The van der Waals surface area contributed by atoms with E-state index in [1.54, 1.807) is 25.6 Å². The zero-order valence-corrected chi connectivity index (χ0v) is 19.0. The first-order valence-corrected chi connectivity index (χ1v) is 11.2. The molecule has 1 saturated heterocycles. The first-order chi connectivity index (χ1) is 14.6. The fourth-order valence-corrected chi connectivity index (χ4v) is 4.38. The summed E-state index contributed by atoms with van der Waals surface area (Å²) in [6.07, 6.45) is 0.239. The Labute approximate surface area is 183 Å². The standard InChI is InChI=1S/C22H32N4O3S/c1-5-23-22(25-17-8-9-19(27-3)20(13-17)28-4)24-14-18(21-7-6-12-30-21)26-10-11-29-16(2)15-26/h6-9,12-13,16,18H,5,10-11,14-15H2,1-4H3,(H2,23,24,25). The van der Waals surface area contributed by atoms with Crippen molar-refractivity contribution in [3.05, 3.63) is 40.6 Å². The first kappa shape index (κ1) is 22.4. The number of morpholine rings is 1. The van der Waals surface area contributed by atoms with E-state index < -0.39 is 0 Å². The zero-order valence-electron chi connectivity index (χ0n) is 18.2. The summed E-state index contributed by atoms with van der Waals surface area (Å²) in [6, 6.07) is 10.3. The van der Waals surface area contributed by atoms with Crippen LogP contribution in [0.3, 0.4) is 0 Å². The Bertz CT molecular complexity index is 813. The van der Waals surface area contributed by atoms with Gasteiger partial charge in [-0.2, -0.15) is 0 Å². The molecule has 1 fully saturated rings. The molecule has 1 aromatic heterocycles. The van der Waals surface area contributed by atoms with Gasteiger partial charge in [0.1, 0.15) is 0 Å². The number of aliphatic imine (C=N–C) groups is 1. The van der Waals surface area contributed by atoms with E-state index in [0.29, 0.717) is 18.0 Å². The van der Waals surface area contributed by atoms with Crippen molar-refractivity contribution in [3.63, 3.8) is 0 Å². The van der Waals surface area contributed by atoms with Crippen LogP contribution in [0.4, 0.5) is 5.69 Å². The molecular formula is C22H32N4O3S. The van der Waals surface area contributed by atoms with Crippen LogP contribution < -0.4 is 20.1 Å². The molecule has 1 aliphatic rings. The highest BCUT2D eigenvalue weighted by atomic mass is 32.1. The third-order valence-electron chi connectivity index (χ3n) is 5.00. The predicted molar refractivity (Wildman–Crippen MR) is 123 cm³/mol. The van der Waals surface area contributed by atoms with Crippen molar-refractivity contribution in [3.8, 4) is 11.5 Å². The van der Waals surface area contributed by atoms with Crippen LogP contribution in [-0.2, 0) is 4.74 Å². The van der Waals surface area contributed by atoms with E-state index in [4.69, 9.17) is 19.2 Å². The molecule has 2 aromatic rings. The molecule has 164 valence electrons. The smallest absolute Gasteiger partial charge is 0.195 e. The maximum Gasteiger partial charge on any atom is 0.195 e. The second-order valence-corrected chi connectivity index (χ2v) is 8.10. The maximum absolute atomic E-state index is 5.74. The molecule has 0 bridgehead atoms. The molecule has 1 aliphatic heterocycles. The summed E-state index contributed by atoms with van der Waals surface area (Å²) in [5, 5.41) is 8.85.